The van der Waals surface area contributed by atoms with Crippen LogP contribution in [0.2, 0.25) is 0 Å². The Hall–Kier alpha value is -0.430. The van der Waals surface area contributed by atoms with Crippen LogP contribution in [-0.4, -0.2) is 49.0 Å². The fourth-order valence-corrected chi connectivity index (χ4v) is 3.95. The van der Waals surface area contributed by atoms with Gasteiger partial charge in [0.05, 0.1) is 0 Å². The number of aliphatic imine (C=N–C) groups is 1. The third-order valence-corrected chi connectivity index (χ3v) is 6.48. The van der Waals surface area contributed by atoms with Gasteiger partial charge in [-0.2, -0.15) is 0 Å². The minimum atomic E-state index is -5.11. The van der Waals surface area contributed by atoms with Gasteiger partial charge in [0.1, 0.15) is 0 Å². The second kappa shape index (κ2) is 3.80. The summed E-state index contributed by atoms with van der Waals surface area (Å²) in [7, 11) is -8.73. The Bertz CT molecular complexity index is 388. The predicted octanol–water partition coefficient (Wildman–Crippen LogP) is -1.35. The summed E-state index contributed by atoms with van der Waals surface area (Å²) in [6.07, 6.45) is -0.460. The zero-order valence-electron chi connectivity index (χ0n) is 8.39. The average molecular weight is 273 g/mol. The molecule has 0 saturated heterocycles. The van der Waals surface area contributed by atoms with E-state index in [1.165, 1.54) is 11.9 Å². The molecule has 0 bridgehead atoms. The van der Waals surface area contributed by atoms with Gasteiger partial charge in [-0.3, -0.25) is 9.13 Å². The maximum Gasteiger partial charge on any atom is 0.365 e. The summed E-state index contributed by atoms with van der Waals surface area (Å²) in [6, 6.07) is 0. The van der Waals surface area contributed by atoms with E-state index in [0.29, 0.717) is 0 Å². The lowest BCUT2D eigenvalue weighted by Crippen LogP contribution is -2.46. The Balaban J connectivity index is 3.41. The summed E-state index contributed by atoms with van der Waals surface area (Å²) in [5, 5.41) is -2.74. The second-order valence-electron chi connectivity index (χ2n) is 3.50. The fourth-order valence-electron chi connectivity index (χ4n) is 1.35. The number of rotatable bonds is 2. The molecule has 11 heteroatoms. The van der Waals surface area contributed by atoms with Gasteiger partial charge in [0.15, 0.2) is 5.96 Å². The smallest absolute Gasteiger partial charge is 0.365 e. The summed E-state index contributed by atoms with van der Waals surface area (Å²) in [4.78, 5) is 41.0. The molecule has 0 atom stereocenters. The largest absolute Gasteiger partial charge is 0.370 e. The van der Waals surface area contributed by atoms with E-state index in [4.69, 9.17) is 25.3 Å². The average Bonchev–Trinajstić information content (AvgIpc) is 2.05. The number of hydrogen-bond acceptors (Lipinski definition) is 5. The molecule has 0 spiro atoms. The minimum absolute atomic E-state index is 0.00551. The highest BCUT2D eigenvalue weighted by molar-refractivity contribution is 7.72. The topological polar surface area (TPSA) is 157 Å². The first kappa shape index (κ1) is 13.6. The Morgan fingerprint density at radius 2 is 1.75 bits per heavy atom. The van der Waals surface area contributed by atoms with E-state index in [1.807, 2.05) is 0 Å². The maximum absolute atomic E-state index is 11.2. The van der Waals surface area contributed by atoms with Crippen molar-refractivity contribution in [2.45, 2.75) is 11.4 Å². The summed E-state index contributed by atoms with van der Waals surface area (Å²) in [5.41, 5.74) is 5.34. The van der Waals surface area contributed by atoms with Crippen molar-refractivity contribution in [3.05, 3.63) is 0 Å². The number of hydrogen-bond donors (Lipinski definition) is 5. The molecule has 16 heavy (non-hydrogen) atoms. The van der Waals surface area contributed by atoms with Crippen LogP contribution in [0.5, 0.6) is 0 Å². The van der Waals surface area contributed by atoms with E-state index in [9.17, 15) is 9.13 Å². The number of nitrogens with zero attached hydrogens (tertiary/aromatic N) is 2. The van der Waals surface area contributed by atoms with Gasteiger partial charge < -0.3 is 30.2 Å². The first-order valence-electron chi connectivity index (χ1n) is 4.19. The van der Waals surface area contributed by atoms with Gasteiger partial charge >= 0.3 is 15.2 Å². The highest BCUT2D eigenvalue weighted by atomic mass is 31.2. The Morgan fingerprint density at radius 1 is 1.31 bits per heavy atom. The first-order valence-corrected chi connectivity index (χ1v) is 7.41. The van der Waals surface area contributed by atoms with Crippen molar-refractivity contribution in [3.8, 4) is 0 Å². The number of nitrogens with two attached hydrogens (primary N) is 1. The van der Waals surface area contributed by atoms with Crippen molar-refractivity contribution in [2.75, 3.05) is 13.6 Å². The third kappa shape index (κ3) is 2.02. The van der Waals surface area contributed by atoms with Crippen LogP contribution in [0.25, 0.3) is 0 Å². The van der Waals surface area contributed by atoms with Gasteiger partial charge in [-0.15, -0.1) is 0 Å². The van der Waals surface area contributed by atoms with E-state index in [0.717, 1.165) is 0 Å². The van der Waals surface area contributed by atoms with Crippen LogP contribution in [0.1, 0.15) is 6.42 Å². The molecule has 0 fully saturated rings. The Morgan fingerprint density at radius 3 is 2.06 bits per heavy atom. The molecule has 1 heterocycles. The van der Waals surface area contributed by atoms with Crippen LogP contribution >= 0.6 is 15.2 Å². The second-order valence-corrected chi connectivity index (χ2v) is 7.51. The highest BCUT2D eigenvalue weighted by Gasteiger charge is 2.61. The molecule has 0 saturated carbocycles. The SMILES string of the molecule is CN1CCC(P(=O)(O)O)(P(=O)(O)O)N=C1N. The quantitative estimate of drug-likeness (QED) is 0.386. The van der Waals surface area contributed by atoms with E-state index < -0.39 is 26.6 Å². The van der Waals surface area contributed by atoms with Gasteiger partial charge in [-0.05, 0) is 0 Å². The number of guanidine groups is 1. The summed E-state index contributed by atoms with van der Waals surface area (Å²) in [5.74, 6) is -0.307. The first-order chi connectivity index (χ1) is 7.01. The standard InChI is InChI=1S/C5H13N3O6P2/c1-8-3-2-5(7-4(8)6,15(9,10)11)16(12,13)14/h2-3H2,1H3,(H2,6,7)(H2,9,10,11)(H2,12,13,14). The lowest BCUT2D eigenvalue weighted by Gasteiger charge is -2.37. The molecule has 6 N–H and O–H groups in total. The van der Waals surface area contributed by atoms with Crippen LogP contribution in [0, 0.1) is 0 Å². The summed E-state index contributed by atoms with van der Waals surface area (Å²) >= 11 is 0. The predicted molar refractivity (Wildman–Crippen MR) is 55.7 cm³/mol. The molecule has 1 rings (SSSR count). The normalized spacial score (nSPS) is 21.8. The molecule has 0 aromatic rings. The molecule has 1 aliphatic rings. The molecule has 9 nitrogen and oxygen atoms in total. The molecule has 1 aliphatic heterocycles. The van der Waals surface area contributed by atoms with Gasteiger partial charge in [0.25, 0.3) is 5.02 Å². The van der Waals surface area contributed by atoms with Crippen LogP contribution in [-0.2, 0) is 9.13 Å². The van der Waals surface area contributed by atoms with Gasteiger partial charge in [-0.25, -0.2) is 4.99 Å². The Labute approximate surface area is 91.3 Å². The molecule has 94 valence electrons. The zero-order valence-corrected chi connectivity index (χ0v) is 10.2. The van der Waals surface area contributed by atoms with Crippen molar-refractivity contribution in [3.63, 3.8) is 0 Å². The van der Waals surface area contributed by atoms with Crippen molar-refractivity contribution < 1.29 is 28.7 Å². The molecule has 0 amide bonds. The van der Waals surface area contributed by atoms with Gasteiger partial charge in [-0.1, -0.05) is 0 Å². The summed E-state index contributed by atoms with van der Waals surface area (Å²) < 4.78 is 22.5. The van der Waals surface area contributed by atoms with Crippen LogP contribution in [0.4, 0.5) is 0 Å². The van der Waals surface area contributed by atoms with Crippen molar-refractivity contribution in [2.24, 2.45) is 10.7 Å². The molecule has 0 unspecified atom stereocenters. The molecule has 0 radical (unpaired) electrons. The van der Waals surface area contributed by atoms with Crippen molar-refractivity contribution >= 4 is 21.2 Å². The molecular weight excluding hydrogens is 260 g/mol. The third-order valence-electron chi connectivity index (χ3n) is 2.40. The Kier molecular flexibility index (Phi) is 3.24. The van der Waals surface area contributed by atoms with Crippen molar-refractivity contribution in [1.82, 2.24) is 4.90 Å². The monoisotopic (exact) mass is 273 g/mol. The van der Waals surface area contributed by atoms with Crippen LogP contribution < -0.4 is 5.73 Å². The summed E-state index contributed by atoms with van der Waals surface area (Å²) in [6.45, 7) is 0.00551. The van der Waals surface area contributed by atoms with E-state index in [-0.39, 0.29) is 12.5 Å². The fraction of sp³-hybridized carbons (Fsp3) is 0.800. The van der Waals surface area contributed by atoms with E-state index in [2.05, 4.69) is 4.99 Å². The maximum atomic E-state index is 11.2. The van der Waals surface area contributed by atoms with Crippen LogP contribution in [0.15, 0.2) is 4.99 Å². The highest BCUT2D eigenvalue weighted by Crippen LogP contribution is 2.71. The molecule has 0 aromatic carbocycles. The van der Waals surface area contributed by atoms with Crippen molar-refractivity contribution in [1.29, 1.82) is 0 Å². The van der Waals surface area contributed by atoms with E-state index >= 15 is 0 Å². The zero-order chi connectivity index (χ0) is 12.8. The molecule has 0 aromatic heterocycles. The van der Waals surface area contributed by atoms with Gasteiger partial charge in [0.2, 0.25) is 0 Å². The molecular formula is C5H13N3O6P2. The molecule has 0 aliphatic carbocycles. The van der Waals surface area contributed by atoms with E-state index in [1.54, 1.807) is 0 Å². The van der Waals surface area contributed by atoms with Crippen LogP contribution in [0.3, 0.4) is 0 Å². The lowest BCUT2D eigenvalue weighted by atomic mass is 10.3. The lowest BCUT2D eigenvalue weighted by molar-refractivity contribution is 0.286. The van der Waals surface area contributed by atoms with Gasteiger partial charge in [0, 0.05) is 20.0 Å². The minimum Gasteiger partial charge on any atom is -0.370 e.